The van der Waals surface area contributed by atoms with Gasteiger partial charge in [-0.05, 0) is 29.2 Å². The summed E-state index contributed by atoms with van der Waals surface area (Å²) in [5, 5.41) is 2.58. The van der Waals surface area contributed by atoms with Crippen LogP contribution in [0.15, 0.2) is 48.5 Å². The van der Waals surface area contributed by atoms with Crippen LogP contribution in [0.2, 0.25) is 0 Å². The number of carbonyl (C=O) groups excluding carboxylic acids is 2. The van der Waals surface area contributed by atoms with Gasteiger partial charge in [0.2, 0.25) is 11.8 Å². The number of rotatable bonds is 6. The third kappa shape index (κ3) is 5.54. The standard InChI is InChI=1S/C28H37N3O3/c1-21(2)23-10-8-22(9-11-23)20-31-19-16-28(34-25-7-5-4-6-24(25)31)14-17-30(18-15-28)27(33)13-12-26(32)29-3/h4-11,21H,12-20H2,1-3H3,(H,29,32). The largest absolute Gasteiger partial charge is 0.485 e. The van der Waals surface area contributed by atoms with Crippen molar-refractivity contribution in [3.8, 4) is 5.75 Å². The van der Waals surface area contributed by atoms with E-state index in [2.05, 4.69) is 66.5 Å². The van der Waals surface area contributed by atoms with Gasteiger partial charge in [-0.3, -0.25) is 9.59 Å². The molecule has 0 unspecified atom stereocenters. The van der Waals surface area contributed by atoms with Crippen LogP contribution in [0.25, 0.3) is 0 Å². The molecule has 2 aromatic carbocycles. The number of nitrogens with one attached hydrogen (secondary N) is 1. The van der Waals surface area contributed by atoms with Crippen molar-refractivity contribution in [3.05, 3.63) is 59.7 Å². The van der Waals surface area contributed by atoms with Gasteiger partial charge in [0.05, 0.1) is 5.69 Å². The molecule has 0 aliphatic carbocycles. The molecule has 0 radical (unpaired) electrons. The highest BCUT2D eigenvalue weighted by atomic mass is 16.5. The Balaban J connectivity index is 1.43. The highest BCUT2D eigenvalue weighted by molar-refractivity contribution is 5.83. The molecule has 0 bridgehead atoms. The predicted octanol–water partition coefficient (Wildman–Crippen LogP) is 4.49. The third-order valence-electron chi connectivity index (χ3n) is 7.26. The fourth-order valence-corrected chi connectivity index (χ4v) is 4.96. The zero-order valence-corrected chi connectivity index (χ0v) is 20.7. The molecule has 1 spiro atoms. The first-order valence-electron chi connectivity index (χ1n) is 12.5. The van der Waals surface area contributed by atoms with Crippen molar-refractivity contribution in [3.63, 3.8) is 0 Å². The molecule has 2 aliphatic heterocycles. The topological polar surface area (TPSA) is 61.9 Å². The molecule has 6 nitrogen and oxygen atoms in total. The van der Waals surface area contributed by atoms with Crippen molar-refractivity contribution in [2.24, 2.45) is 0 Å². The number of hydrogen-bond acceptors (Lipinski definition) is 4. The van der Waals surface area contributed by atoms with Gasteiger partial charge in [0.15, 0.2) is 0 Å². The van der Waals surface area contributed by atoms with Gasteiger partial charge >= 0.3 is 0 Å². The first kappa shape index (κ1) is 24.1. The first-order valence-corrected chi connectivity index (χ1v) is 12.5. The lowest BCUT2D eigenvalue weighted by Gasteiger charge is -2.41. The molecule has 2 aliphatic rings. The van der Waals surface area contributed by atoms with Gasteiger partial charge in [-0.15, -0.1) is 0 Å². The van der Waals surface area contributed by atoms with E-state index in [-0.39, 0.29) is 30.3 Å². The van der Waals surface area contributed by atoms with Gasteiger partial charge in [-0.25, -0.2) is 0 Å². The van der Waals surface area contributed by atoms with Crippen molar-refractivity contribution in [2.45, 2.75) is 64.0 Å². The minimum atomic E-state index is -0.260. The number of likely N-dealkylation sites (tertiary alicyclic amines) is 1. The summed E-state index contributed by atoms with van der Waals surface area (Å²) in [6, 6.07) is 17.3. The Morgan fingerprint density at radius 2 is 1.65 bits per heavy atom. The van der Waals surface area contributed by atoms with Gasteiger partial charge < -0.3 is 19.9 Å². The van der Waals surface area contributed by atoms with E-state index in [1.807, 2.05) is 11.0 Å². The van der Waals surface area contributed by atoms with E-state index in [1.54, 1.807) is 7.05 Å². The second kappa shape index (κ2) is 10.5. The number of benzene rings is 2. The smallest absolute Gasteiger partial charge is 0.223 e. The van der Waals surface area contributed by atoms with E-state index < -0.39 is 0 Å². The molecule has 34 heavy (non-hydrogen) atoms. The summed E-state index contributed by atoms with van der Waals surface area (Å²) in [6.45, 7) is 7.54. The number of para-hydroxylation sites is 2. The third-order valence-corrected chi connectivity index (χ3v) is 7.26. The van der Waals surface area contributed by atoms with Gasteiger partial charge in [0, 0.05) is 65.3 Å². The van der Waals surface area contributed by atoms with Crippen molar-refractivity contribution < 1.29 is 14.3 Å². The highest BCUT2D eigenvalue weighted by Crippen LogP contribution is 2.41. The summed E-state index contributed by atoms with van der Waals surface area (Å²) in [4.78, 5) is 28.4. The average Bonchev–Trinajstić information content (AvgIpc) is 3.00. The Hall–Kier alpha value is -3.02. The number of piperidine rings is 1. The monoisotopic (exact) mass is 463 g/mol. The molecule has 2 heterocycles. The van der Waals surface area contributed by atoms with Gasteiger partial charge in [-0.1, -0.05) is 50.2 Å². The molecule has 0 aromatic heterocycles. The lowest BCUT2D eigenvalue weighted by Crippen LogP contribution is -2.50. The SMILES string of the molecule is CNC(=O)CCC(=O)N1CCC2(CC1)CCN(Cc1ccc(C(C)C)cc1)c1ccccc1O2. The molecule has 2 aromatic rings. The summed E-state index contributed by atoms with van der Waals surface area (Å²) >= 11 is 0. The molecule has 182 valence electrons. The van der Waals surface area contributed by atoms with E-state index in [4.69, 9.17) is 4.74 Å². The number of ether oxygens (including phenoxy) is 1. The van der Waals surface area contributed by atoms with Crippen LogP contribution < -0.4 is 15.0 Å². The fourth-order valence-electron chi connectivity index (χ4n) is 4.96. The zero-order chi connectivity index (χ0) is 24.1. The minimum absolute atomic E-state index is 0.0546. The molecule has 1 saturated heterocycles. The zero-order valence-electron chi connectivity index (χ0n) is 20.7. The van der Waals surface area contributed by atoms with Crippen LogP contribution in [-0.4, -0.2) is 49.0 Å². The molecule has 1 N–H and O–H groups in total. The Kier molecular flexibility index (Phi) is 7.44. The Labute approximate surface area is 203 Å². The van der Waals surface area contributed by atoms with Crippen LogP contribution >= 0.6 is 0 Å². The van der Waals surface area contributed by atoms with E-state index in [0.29, 0.717) is 19.0 Å². The molecule has 0 atom stereocenters. The van der Waals surface area contributed by atoms with Crippen LogP contribution in [-0.2, 0) is 16.1 Å². The number of nitrogens with zero attached hydrogens (tertiary/aromatic N) is 2. The maximum absolute atomic E-state index is 12.6. The van der Waals surface area contributed by atoms with E-state index >= 15 is 0 Å². The number of carbonyl (C=O) groups is 2. The summed E-state index contributed by atoms with van der Waals surface area (Å²) < 4.78 is 6.70. The summed E-state index contributed by atoms with van der Waals surface area (Å²) in [6.07, 6.45) is 3.05. The number of hydrogen-bond donors (Lipinski definition) is 1. The lowest BCUT2D eigenvalue weighted by molar-refractivity contribution is -0.136. The predicted molar refractivity (Wildman–Crippen MR) is 135 cm³/mol. The average molecular weight is 464 g/mol. The summed E-state index contributed by atoms with van der Waals surface area (Å²) in [5.41, 5.74) is 3.53. The number of fused-ring (bicyclic) bond motifs is 1. The highest BCUT2D eigenvalue weighted by Gasteiger charge is 2.40. The first-order chi connectivity index (χ1) is 16.4. The maximum Gasteiger partial charge on any atom is 0.223 e. The lowest BCUT2D eigenvalue weighted by atomic mass is 9.87. The normalized spacial score (nSPS) is 17.2. The van der Waals surface area contributed by atoms with Crippen molar-refractivity contribution in [1.82, 2.24) is 10.2 Å². The Bertz CT molecular complexity index is 994. The minimum Gasteiger partial charge on any atom is -0.485 e. The Morgan fingerprint density at radius 1 is 0.971 bits per heavy atom. The van der Waals surface area contributed by atoms with Gasteiger partial charge in [0.25, 0.3) is 0 Å². The number of anilines is 1. The van der Waals surface area contributed by atoms with Crippen LogP contribution in [0, 0.1) is 0 Å². The van der Waals surface area contributed by atoms with Crippen molar-refractivity contribution in [2.75, 3.05) is 31.6 Å². The maximum atomic E-state index is 12.6. The van der Waals surface area contributed by atoms with E-state index in [9.17, 15) is 9.59 Å². The second-order valence-electron chi connectivity index (χ2n) is 9.87. The number of amides is 2. The Morgan fingerprint density at radius 3 is 2.32 bits per heavy atom. The molecule has 2 amide bonds. The molecule has 1 fully saturated rings. The van der Waals surface area contributed by atoms with Crippen LogP contribution in [0.5, 0.6) is 5.75 Å². The van der Waals surface area contributed by atoms with Crippen LogP contribution in [0.3, 0.4) is 0 Å². The van der Waals surface area contributed by atoms with Crippen molar-refractivity contribution >= 4 is 17.5 Å². The fraction of sp³-hybridized carbons (Fsp3) is 0.500. The molecule has 6 heteroatoms. The molecular formula is C28H37N3O3. The van der Waals surface area contributed by atoms with Crippen LogP contribution in [0.1, 0.15) is 63.0 Å². The molecule has 4 rings (SSSR count). The van der Waals surface area contributed by atoms with Crippen LogP contribution in [0.4, 0.5) is 5.69 Å². The van der Waals surface area contributed by atoms with E-state index in [0.717, 1.165) is 43.8 Å². The second-order valence-corrected chi connectivity index (χ2v) is 9.87. The van der Waals surface area contributed by atoms with Gasteiger partial charge in [0.1, 0.15) is 11.4 Å². The van der Waals surface area contributed by atoms with Crippen molar-refractivity contribution in [1.29, 1.82) is 0 Å². The van der Waals surface area contributed by atoms with E-state index in [1.165, 1.54) is 11.1 Å². The quantitative estimate of drug-likeness (QED) is 0.686. The van der Waals surface area contributed by atoms with Gasteiger partial charge in [-0.2, -0.15) is 0 Å². The summed E-state index contributed by atoms with van der Waals surface area (Å²) in [7, 11) is 1.60. The summed E-state index contributed by atoms with van der Waals surface area (Å²) in [5.74, 6) is 1.42. The molecule has 0 saturated carbocycles. The molecular weight excluding hydrogens is 426 g/mol.